The lowest BCUT2D eigenvalue weighted by atomic mass is 10.1. The highest BCUT2D eigenvalue weighted by molar-refractivity contribution is 7.20. The summed E-state index contributed by atoms with van der Waals surface area (Å²) >= 11 is 0.682. The van der Waals surface area contributed by atoms with E-state index in [1.807, 2.05) is 12.1 Å². The molecule has 0 aliphatic rings. The number of non-ortho nitro benzene ring substituents is 1. The highest BCUT2D eigenvalue weighted by atomic mass is 32.1. The Bertz CT molecular complexity index is 1060. The topological polar surface area (TPSA) is 94.4 Å². The van der Waals surface area contributed by atoms with Crippen LogP contribution in [-0.4, -0.2) is 29.5 Å². The van der Waals surface area contributed by atoms with E-state index >= 15 is 0 Å². The number of hydrogen-bond acceptors (Lipinski definition) is 6. The molecule has 2 aromatic carbocycles. The number of hydrogen-bond donors (Lipinski definition) is 1. The molecule has 11 heteroatoms. The molecule has 0 saturated heterocycles. The number of rotatable bonds is 6. The van der Waals surface area contributed by atoms with Crippen LogP contribution < -0.4 is 10.1 Å². The number of alkyl halides is 3. The van der Waals surface area contributed by atoms with Crippen LogP contribution in [0.25, 0.3) is 10.2 Å². The summed E-state index contributed by atoms with van der Waals surface area (Å²) in [6.07, 6.45) is -4.25. The number of thiazole rings is 1. The second kappa shape index (κ2) is 8.03. The highest BCUT2D eigenvalue weighted by Gasteiger charge is 2.34. The van der Waals surface area contributed by atoms with Gasteiger partial charge in [0.25, 0.3) is 11.6 Å². The van der Waals surface area contributed by atoms with Crippen LogP contribution in [0, 0.1) is 10.1 Å². The van der Waals surface area contributed by atoms with E-state index in [4.69, 9.17) is 4.74 Å². The Balaban J connectivity index is 1.77. The summed E-state index contributed by atoms with van der Waals surface area (Å²) in [5, 5.41) is 13.6. The van der Waals surface area contributed by atoms with E-state index in [-0.39, 0.29) is 21.8 Å². The Kier molecular flexibility index (Phi) is 5.69. The number of nitrogens with one attached hydrogen (secondary N) is 1. The Morgan fingerprint density at radius 3 is 2.55 bits per heavy atom. The number of benzene rings is 2. The SMILES string of the molecule is COc1ccc(CCNC(=O)c2nc3cc(C(F)(F)F)cc([N+](=O)[O-])c3s2)cc1. The van der Waals surface area contributed by atoms with E-state index in [1.54, 1.807) is 19.2 Å². The number of halogens is 3. The first-order valence-corrected chi connectivity index (χ1v) is 9.08. The number of amides is 1. The lowest BCUT2D eigenvalue weighted by Crippen LogP contribution is -2.25. The Labute approximate surface area is 166 Å². The van der Waals surface area contributed by atoms with E-state index in [0.717, 1.165) is 5.56 Å². The van der Waals surface area contributed by atoms with Crippen molar-refractivity contribution in [1.82, 2.24) is 10.3 Å². The molecule has 29 heavy (non-hydrogen) atoms. The molecule has 1 heterocycles. The molecule has 3 aromatic rings. The average Bonchev–Trinajstić information content (AvgIpc) is 3.11. The minimum Gasteiger partial charge on any atom is -0.497 e. The van der Waals surface area contributed by atoms with Gasteiger partial charge in [0, 0.05) is 12.6 Å². The molecule has 0 spiro atoms. The summed E-state index contributed by atoms with van der Waals surface area (Å²) < 4.78 is 43.9. The van der Waals surface area contributed by atoms with Crippen LogP contribution >= 0.6 is 11.3 Å². The van der Waals surface area contributed by atoms with Crippen molar-refractivity contribution in [2.75, 3.05) is 13.7 Å². The average molecular weight is 425 g/mol. The fourth-order valence-electron chi connectivity index (χ4n) is 2.60. The van der Waals surface area contributed by atoms with Gasteiger partial charge in [-0.3, -0.25) is 14.9 Å². The zero-order valence-electron chi connectivity index (χ0n) is 14.9. The number of aromatic nitrogens is 1. The fraction of sp³-hybridized carbons (Fsp3) is 0.222. The lowest BCUT2D eigenvalue weighted by molar-refractivity contribution is -0.383. The van der Waals surface area contributed by atoms with Crippen molar-refractivity contribution in [2.45, 2.75) is 12.6 Å². The predicted octanol–water partition coefficient (Wildman–Crippen LogP) is 4.20. The van der Waals surface area contributed by atoms with Crippen molar-refractivity contribution in [3.63, 3.8) is 0 Å². The zero-order chi connectivity index (χ0) is 21.2. The molecule has 3 rings (SSSR count). The largest absolute Gasteiger partial charge is 0.497 e. The minimum absolute atomic E-state index is 0.0803. The predicted molar refractivity (Wildman–Crippen MR) is 100 cm³/mol. The minimum atomic E-state index is -4.76. The van der Waals surface area contributed by atoms with Crippen LogP contribution in [0.5, 0.6) is 5.75 Å². The number of carbonyl (C=O) groups is 1. The van der Waals surface area contributed by atoms with Crippen LogP contribution in [0.1, 0.15) is 20.9 Å². The Morgan fingerprint density at radius 2 is 1.97 bits per heavy atom. The summed E-state index contributed by atoms with van der Waals surface area (Å²) in [7, 11) is 1.55. The molecule has 0 fully saturated rings. The number of ether oxygens (including phenoxy) is 1. The number of nitro benzene ring substituents is 1. The molecule has 152 valence electrons. The van der Waals surface area contributed by atoms with E-state index in [0.29, 0.717) is 35.6 Å². The van der Waals surface area contributed by atoms with Crippen molar-refractivity contribution >= 4 is 33.1 Å². The second-order valence-electron chi connectivity index (χ2n) is 5.97. The Hall–Kier alpha value is -3.21. The molecule has 0 saturated carbocycles. The molecule has 0 aliphatic heterocycles. The van der Waals surface area contributed by atoms with Gasteiger partial charge in [-0.25, -0.2) is 4.98 Å². The number of methoxy groups -OCH3 is 1. The molecule has 0 aliphatic carbocycles. The molecular formula is C18H14F3N3O4S. The maximum Gasteiger partial charge on any atom is 0.416 e. The van der Waals surface area contributed by atoms with Crippen LogP contribution in [-0.2, 0) is 12.6 Å². The first kappa shape index (κ1) is 20.5. The van der Waals surface area contributed by atoms with Gasteiger partial charge in [0.1, 0.15) is 10.4 Å². The van der Waals surface area contributed by atoms with Gasteiger partial charge in [-0.15, -0.1) is 11.3 Å². The number of nitro groups is 1. The van der Waals surface area contributed by atoms with E-state index in [9.17, 15) is 28.1 Å². The summed E-state index contributed by atoms with van der Waals surface area (Å²) in [4.78, 5) is 26.4. The van der Waals surface area contributed by atoms with Crippen LogP contribution in [0.15, 0.2) is 36.4 Å². The van der Waals surface area contributed by atoms with E-state index < -0.39 is 28.3 Å². The molecule has 0 unspecified atom stereocenters. The molecule has 1 amide bonds. The lowest BCUT2D eigenvalue weighted by Gasteiger charge is -2.05. The fourth-order valence-corrected chi connectivity index (χ4v) is 3.55. The van der Waals surface area contributed by atoms with Gasteiger partial charge in [0.05, 0.1) is 23.1 Å². The van der Waals surface area contributed by atoms with Crippen molar-refractivity contribution in [1.29, 1.82) is 0 Å². The van der Waals surface area contributed by atoms with Gasteiger partial charge in [-0.05, 0) is 30.2 Å². The quantitative estimate of drug-likeness (QED) is 0.472. The van der Waals surface area contributed by atoms with Gasteiger partial charge in [-0.1, -0.05) is 12.1 Å². The van der Waals surface area contributed by atoms with Gasteiger partial charge in [0.2, 0.25) is 0 Å². The third kappa shape index (κ3) is 4.62. The van der Waals surface area contributed by atoms with Crippen LogP contribution in [0.4, 0.5) is 18.9 Å². The molecule has 1 N–H and O–H groups in total. The molecule has 0 atom stereocenters. The van der Waals surface area contributed by atoms with Gasteiger partial charge in [-0.2, -0.15) is 13.2 Å². The second-order valence-corrected chi connectivity index (χ2v) is 6.97. The number of nitrogens with zero attached hydrogens (tertiary/aromatic N) is 2. The normalized spacial score (nSPS) is 11.4. The summed E-state index contributed by atoms with van der Waals surface area (Å²) in [5.74, 6) is 0.0923. The standard InChI is InChI=1S/C18H14F3N3O4S/c1-28-12-4-2-10(3-5-12)6-7-22-16(25)17-23-13-8-11(18(19,20)21)9-14(24(26)27)15(13)29-17/h2-5,8-9H,6-7H2,1H3,(H,22,25). The summed E-state index contributed by atoms with van der Waals surface area (Å²) in [6.45, 7) is 0.261. The van der Waals surface area contributed by atoms with Gasteiger partial charge in [0.15, 0.2) is 5.01 Å². The summed E-state index contributed by atoms with van der Waals surface area (Å²) in [5.41, 5.74) is -1.21. The molecule has 0 bridgehead atoms. The molecule has 1 aromatic heterocycles. The molecule has 7 nitrogen and oxygen atoms in total. The third-order valence-corrected chi connectivity index (χ3v) is 5.14. The van der Waals surface area contributed by atoms with Crippen molar-refractivity contribution < 1.29 is 27.6 Å². The number of fused-ring (bicyclic) bond motifs is 1. The molecular weight excluding hydrogens is 411 g/mol. The van der Waals surface area contributed by atoms with Crippen molar-refractivity contribution in [3.05, 3.63) is 62.6 Å². The monoisotopic (exact) mass is 425 g/mol. The maximum absolute atomic E-state index is 13.0. The van der Waals surface area contributed by atoms with Gasteiger partial charge < -0.3 is 10.1 Å². The zero-order valence-corrected chi connectivity index (χ0v) is 15.8. The van der Waals surface area contributed by atoms with Crippen LogP contribution in [0.2, 0.25) is 0 Å². The van der Waals surface area contributed by atoms with Crippen molar-refractivity contribution in [3.8, 4) is 5.75 Å². The Morgan fingerprint density at radius 1 is 1.28 bits per heavy atom. The van der Waals surface area contributed by atoms with Crippen molar-refractivity contribution in [2.24, 2.45) is 0 Å². The third-order valence-electron chi connectivity index (χ3n) is 4.05. The maximum atomic E-state index is 13.0. The number of carbonyl (C=O) groups excluding carboxylic acids is 1. The highest BCUT2D eigenvalue weighted by Crippen LogP contribution is 2.38. The van der Waals surface area contributed by atoms with E-state index in [2.05, 4.69) is 10.3 Å². The first-order valence-electron chi connectivity index (χ1n) is 8.26. The summed E-state index contributed by atoms with van der Waals surface area (Å²) in [6, 6.07) is 8.39. The first-order chi connectivity index (χ1) is 13.7. The van der Waals surface area contributed by atoms with Crippen LogP contribution in [0.3, 0.4) is 0 Å². The smallest absolute Gasteiger partial charge is 0.416 e. The molecule has 0 radical (unpaired) electrons. The van der Waals surface area contributed by atoms with E-state index in [1.165, 1.54) is 0 Å². The van der Waals surface area contributed by atoms with Gasteiger partial charge >= 0.3 is 6.18 Å².